The van der Waals surface area contributed by atoms with Crippen LogP contribution in [0.4, 0.5) is 18.3 Å². The zero-order valence-electron chi connectivity index (χ0n) is 13.4. The van der Waals surface area contributed by atoms with E-state index in [1.807, 2.05) is 0 Å². The summed E-state index contributed by atoms with van der Waals surface area (Å²) in [5.41, 5.74) is 0.541. The number of ether oxygens (including phenoxy) is 1. The molecular formula is C13H12F3N7OS2. The lowest BCUT2D eigenvalue weighted by Gasteiger charge is -2.25. The van der Waals surface area contributed by atoms with E-state index in [0.717, 1.165) is 22.7 Å². The topological polar surface area (TPSA) is 81.3 Å². The molecule has 4 heterocycles. The molecular weight excluding hydrogens is 391 g/mol. The number of rotatable bonds is 3. The average Bonchev–Trinajstić information content (AvgIpc) is 3.22. The van der Waals surface area contributed by atoms with Crippen molar-refractivity contribution in [1.82, 2.24) is 29.8 Å². The van der Waals surface area contributed by atoms with Crippen LogP contribution in [0.1, 0.15) is 11.5 Å². The molecule has 0 amide bonds. The van der Waals surface area contributed by atoms with Crippen molar-refractivity contribution in [2.75, 3.05) is 31.2 Å². The summed E-state index contributed by atoms with van der Waals surface area (Å²) in [5, 5.41) is 13.0. The fourth-order valence-electron chi connectivity index (χ4n) is 2.36. The molecule has 13 heteroatoms. The Morgan fingerprint density at radius 1 is 1.19 bits per heavy atom. The van der Waals surface area contributed by atoms with Gasteiger partial charge >= 0.3 is 6.18 Å². The number of aryl methyl sites for hydroxylation is 1. The third kappa shape index (κ3) is 3.46. The van der Waals surface area contributed by atoms with E-state index in [0.29, 0.717) is 28.3 Å². The van der Waals surface area contributed by atoms with Crippen LogP contribution in [0, 0.1) is 6.92 Å². The zero-order chi connectivity index (χ0) is 18.3. The van der Waals surface area contributed by atoms with E-state index in [-0.39, 0.29) is 5.78 Å². The highest BCUT2D eigenvalue weighted by Gasteiger charge is 2.37. The molecule has 0 unspecified atom stereocenters. The van der Waals surface area contributed by atoms with E-state index >= 15 is 0 Å². The highest BCUT2D eigenvalue weighted by Crippen LogP contribution is 2.34. The van der Waals surface area contributed by atoms with Gasteiger partial charge in [-0.3, -0.25) is 0 Å². The van der Waals surface area contributed by atoms with E-state index < -0.39 is 12.0 Å². The quantitative estimate of drug-likeness (QED) is 0.616. The van der Waals surface area contributed by atoms with Crippen molar-refractivity contribution in [1.29, 1.82) is 0 Å². The second kappa shape index (κ2) is 6.63. The average molecular weight is 403 g/mol. The van der Waals surface area contributed by atoms with Crippen molar-refractivity contribution in [2.24, 2.45) is 0 Å². The molecule has 1 aliphatic rings. The molecule has 0 bridgehead atoms. The molecule has 3 aromatic heterocycles. The van der Waals surface area contributed by atoms with Gasteiger partial charge in [-0.05, 0) is 24.8 Å². The van der Waals surface area contributed by atoms with Crippen molar-refractivity contribution in [3.05, 3.63) is 17.6 Å². The number of anilines is 1. The molecule has 4 rings (SSSR count). The maximum Gasteiger partial charge on any atom is 0.453 e. The van der Waals surface area contributed by atoms with Crippen molar-refractivity contribution >= 4 is 34.0 Å². The summed E-state index contributed by atoms with van der Waals surface area (Å²) in [6, 6.07) is 1.64. The lowest BCUT2D eigenvalue weighted by molar-refractivity contribution is -0.144. The van der Waals surface area contributed by atoms with Crippen molar-refractivity contribution in [3.63, 3.8) is 0 Å². The lowest BCUT2D eigenvalue weighted by Crippen LogP contribution is -2.36. The van der Waals surface area contributed by atoms with E-state index in [9.17, 15) is 13.2 Å². The molecule has 0 aliphatic carbocycles. The van der Waals surface area contributed by atoms with Gasteiger partial charge in [0.1, 0.15) is 5.03 Å². The number of nitrogens with zero attached hydrogens (tertiary/aromatic N) is 7. The Labute approximate surface area is 153 Å². The number of aromatic nitrogens is 6. The van der Waals surface area contributed by atoms with Gasteiger partial charge in [0.05, 0.1) is 13.2 Å². The minimum atomic E-state index is -4.63. The molecule has 1 saturated heterocycles. The third-order valence-electron chi connectivity index (χ3n) is 3.53. The van der Waals surface area contributed by atoms with Gasteiger partial charge in [-0.1, -0.05) is 11.3 Å². The molecule has 8 nitrogen and oxygen atoms in total. The van der Waals surface area contributed by atoms with Gasteiger partial charge in [0.25, 0.3) is 11.6 Å². The fraction of sp³-hybridized carbons (Fsp3) is 0.462. The summed E-state index contributed by atoms with van der Waals surface area (Å²) < 4.78 is 45.6. The molecule has 0 radical (unpaired) electrons. The summed E-state index contributed by atoms with van der Waals surface area (Å²) in [5.74, 6) is -1.32. The summed E-state index contributed by atoms with van der Waals surface area (Å²) in [6.07, 6.45) is -4.63. The molecule has 0 spiro atoms. The fourth-order valence-corrected chi connectivity index (χ4v) is 4.34. The predicted octanol–water partition coefficient (Wildman–Crippen LogP) is 2.29. The van der Waals surface area contributed by atoms with Crippen LogP contribution < -0.4 is 4.90 Å². The standard InChI is InChI=1S/C13H12F3N7OS2/c1-7-6-8(23-10(17-7)18-9(21-23)13(14,15)16)25-12-20-19-11(26-12)22-2-4-24-5-3-22/h6H,2-5H2,1H3. The zero-order valence-corrected chi connectivity index (χ0v) is 15.0. The number of fused-ring (bicyclic) bond motifs is 1. The van der Waals surface area contributed by atoms with E-state index in [4.69, 9.17) is 4.74 Å². The van der Waals surface area contributed by atoms with Gasteiger partial charge in [-0.2, -0.15) is 22.7 Å². The van der Waals surface area contributed by atoms with Crippen molar-refractivity contribution < 1.29 is 17.9 Å². The van der Waals surface area contributed by atoms with Crippen LogP contribution in [0.5, 0.6) is 0 Å². The predicted molar refractivity (Wildman–Crippen MR) is 87.6 cm³/mol. The molecule has 138 valence electrons. The Morgan fingerprint density at radius 3 is 2.69 bits per heavy atom. The Morgan fingerprint density at radius 2 is 1.96 bits per heavy atom. The van der Waals surface area contributed by atoms with Crippen LogP contribution in [-0.4, -0.2) is 56.1 Å². The molecule has 0 N–H and O–H groups in total. The summed E-state index contributed by atoms with van der Waals surface area (Å²) in [6.45, 7) is 4.41. The van der Waals surface area contributed by atoms with Gasteiger partial charge in [-0.25, -0.2) is 4.98 Å². The van der Waals surface area contributed by atoms with E-state index in [1.54, 1.807) is 13.0 Å². The summed E-state index contributed by atoms with van der Waals surface area (Å²) >= 11 is 2.55. The molecule has 0 saturated carbocycles. The number of morpholine rings is 1. The van der Waals surface area contributed by atoms with Crippen LogP contribution in [0.3, 0.4) is 0 Å². The van der Waals surface area contributed by atoms with E-state index in [1.165, 1.54) is 23.1 Å². The van der Waals surface area contributed by atoms with Crippen LogP contribution >= 0.6 is 23.1 Å². The van der Waals surface area contributed by atoms with Gasteiger partial charge in [0.15, 0.2) is 4.34 Å². The molecule has 1 aliphatic heterocycles. The minimum absolute atomic E-state index is 0.0993. The second-order valence-electron chi connectivity index (χ2n) is 5.43. The van der Waals surface area contributed by atoms with Crippen molar-refractivity contribution in [3.8, 4) is 0 Å². The second-order valence-corrected chi connectivity index (χ2v) is 7.66. The normalized spacial score (nSPS) is 15.8. The number of halogens is 3. The molecule has 1 fully saturated rings. The molecule has 0 atom stereocenters. The van der Waals surface area contributed by atoms with Crippen LogP contribution in [0.15, 0.2) is 15.4 Å². The highest BCUT2D eigenvalue weighted by molar-refractivity contribution is 8.01. The Balaban J connectivity index is 1.64. The smallest absolute Gasteiger partial charge is 0.378 e. The Kier molecular flexibility index (Phi) is 4.44. The van der Waals surface area contributed by atoms with Crippen molar-refractivity contribution in [2.45, 2.75) is 22.5 Å². The number of alkyl halides is 3. The molecule has 3 aromatic rings. The van der Waals surface area contributed by atoms with Gasteiger partial charge < -0.3 is 9.64 Å². The first-order chi connectivity index (χ1) is 12.4. The first-order valence-corrected chi connectivity index (χ1v) is 9.19. The van der Waals surface area contributed by atoms with Crippen LogP contribution in [-0.2, 0) is 10.9 Å². The van der Waals surface area contributed by atoms with Gasteiger partial charge in [0.2, 0.25) is 5.13 Å². The monoisotopic (exact) mass is 403 g/mol. The number of hydrogen-bond acceptors (Lipinski definition) is 9. The molecule has 26 heavy (non-hydrogen) atoms. The van der Waals surface area contributed by atoms with Crippen LogP contribution in [0.2, 0.25) is 0 Å². The van der Waals surface area contributed by atoms with Gasteiger partial charge in [-0.15, -0.1) is 15.3 Å². The number of hydrogen-bond donors (Lipinski definition) is 0. The maximum atomic E-state index is 12.9. The largest absolute Gasteiger partial charge is 0.453 e. The van der Waals surface area contributed by atoms with E-state index in [2.05, 4.69) is 30.2 Å². The highest BCUT2D eigenvalue weighted by atomic mass is 32.2. The Hall–Kier alpha value is -1.99. The Bertz CT molecular complexity index is 936. The third-order valence-corrected chi connectivity index (χ3v) is 5.57. The molecule has 0 aromatic carbocycles. The first-order valence-electron chi connectivity index (χ1n) is 7.56. The lowest BCUT2D eigenvalue weighted by atomic mass is 10.5. The minimum Gasteiger partial charge on any atom is -0.378 e. The SMILES string of the molecule is Cc1cc(Sc2nnc(N3CCOCC3)s2)n2nc(C(F)(F)F)nc2n1. The summed E-state index contributed by atoms with van der Waals surface area (Å²) in [7, 11) is 0. The first kappa shape index (κ1) is 17.4. The van der Waals surface area contributed by atoms with Crippen LogP contribution in [0.25, 0.3) is 5.78 Å². The summed E-state index contributed by atoms with van der Waals surface area (Å²) in [4.78, 5) is 9.55. The van der Waals surface area contributed by atoms with Gasteiger partial charge in [0, 0.05) is 18.8 Å². The maximum absolute atomic E-state index is 12.9.